The Hall–Kier alpha value is -3.35. The van der Waals surface area contributed by atoms with Crippen molar-refractivity contribution in [1.82, 2.24) is 15.1 Å². The van der Waals surface area contributed by atoms with Crippen molar-refractivity contribution < 1.29 is 18.7 Å². The first-order valence-electron chi connectivity index (χ1n) is 8.24. The molecule has 0 spiro atoms. The van der Waals surface area contributed by atoms with E-state index >= 15 is 0 Å². The summed E-state index contributed by atoms with van der Waals surface area (Å²) in [6.07, 6.45) is 4.17. The molecule has 3 rings (SSSR count). The fourth-order valence-electron chi connectivity index (χ4n) is 2.37. The van der Waals surface area contributed by atoms with E-state index in [0.717, 1.165) is 12.0 Å². The molecule has 7 heteroatoms. The summed E-state index contributed by atoms with van der Waals surface area (Å²) in [5.41, 5.74) is 1.13. The third-order valence-electron chi connectivity index (χ3n) is 3.65. The van der Waals surface area contributed by atoms with E-state index in [9.17, 15) is 9.59 Å². The summed E-state index contributed by atoms with van der Waals surface area (Å²) in [5.74, 6) is -0.385. The summed E-state index contributed by atoms with van der Waals surface area (Å²) < 4.78 is 12.1. The van der Waals surface area contributed by atoms with E-state index in [0.29, 0.717) is 18.8 Å². The van der Waals surface area contributed by atoms with Crippen molar-refractivity contribution in [3.63, 3.8) is 0 Å². The molecule has 134 valence electrons. The van der Waals surface area contributed by atoms with Crippen LogP contribution in [0.5, 0.6) is 0 Å². The molecule has 0 saturated heterocycles. The van der Waals surface area contributed by atoms with Gasteiger partial charge in [0.2, 0.25) is 5.76 Å². The summed E-state index contributed by atoms with van der Waals surface area (Å²) >= 11 is 0. The molecule has 0 radical (unpaired) electrons. The van der Waals surface area contributed by atoms with Crippen LogP contribution >= 0.6 is 0 Å². The molecule has 3 aromatic rings. The molecule has 0 saturated carbocycles. The number of aromatic nitrogens is 2. The van der Waals surface area contributed by atoms with E-state index in [1.54, 1.807) is 29.2 Å². The molecular weight excluding hydrogens is 334 g/mol. The number of carbonyl (C=O) groups excluding carboxylic acids is 2. The topological polar surface area (TPSA) is 86.4 Å². The minimum atomic E-state index is -0.671. The molecule has 0 unspecified atom stereocenters. The van der Waals surface area contributed by atoms with Gasteiger partial charge in [0.1, 0.15) is 5.76 Å². The molecule has 0 aliphatic heterocycles. The van der Waals surface area contributed by atoms with Gasteiger partial charge < -0.3 is 14.5 Å². The Morgan fingerprint density at radius 1 is 1.12 bits per heavy atom. The van der Waals surface area contributed by atoms with Crippen LogP contribution in [0, 0.1) is 0 Å². The number of esters is 1. The van der Waals surface area contributed by atoms with Crippen LogP contribution in [-0.2, 0) is 22.5 Å². The number of rotatable bonds is 8. The van der Waals surface area contributed by atoms with Crippen LogP contribution in [-0.4, -0.2) is 34.8 Å². The first-order chi connectivity index (χ1) is 12.7. The number of furan rings is 1. The Kier molecular flexibility index (Phi) is 5.82. The number of hydrogen-bond donors (Lipinski definition) is 1. The molecule has 2 aromatic heterocycles. The highest BCUT2D eigenvalue weighted by molar-refractivity contribution is 5.88. The van der Waals surface area contributed by atoms with Crippen molar-refractivity contribution in [2.75, 3.05) is 13.2 Å². The molecule has 0 atom stereocenters. The van der Waals surface area contributed by atoms with Crippen molar-refractivity contribution in [2.45, 2.75) is 13.0 Å². The zero-order chi connectivity index (χ0) is 18.2. The van der Waals surface area contributed by atoms with Gasteiger partial charge in [-0.2, -0.15) is 5.10 Å². The van der Waals surface area contributed by atoms with Crippen LogP contribution < -0.4 is 5.32 Å². The van der Waals surface area contributed by atoms with Crippen LogP contribution in [0.15, 0.2) is 65.3 Å². The van der Waals surface area contributed by atoms with E-state index in [1.165, 1.54) is 6.07 Å². The second-order valence-electron chi connectivity index (χ2n) is 5.63. The predicted octanol–water partition coefficient (Wildman–Crippen LogP) is 2.04. The van der Waals surface area contributed by atoms with Gasteiger partial charge in [-0.15, -0.1) is 0 Å². The van der Waals surface area contributed by atoms with Crippen LogP contribution in [0.3, 0.4) is 0 Å². The molecule has 0 aliphatic carbocycles. The lowest BCUT2D eigenvalue weighted by molar-refractivity contribution is -0.124. The second kappa shape index (κ2) is 8.66. The van der Waals surface area contributed by atoms with Gasteiger partial charge in [0.15, 0.2) is 6.61 Å². The summed E-state index contributed by atoms with van der Waals surface area (Å²) in [7, 11) is 0. The molecule has 0 fully saturated rings. The molecular formula is C19H19N3O4. The molecule has 1 N–H and O–H groups in total. The van der Waals surface area contributed by atoms with Gasteiger partial charge in [-0.05, 0) is 30.2 Å². The minimum absolute atomic E-state index is 0.0595. The first-order valence-corrected chi connectivity index (χ1v) is 8.24. The summed E-state index contributed by atoms with van der Waals surface area (Å²) in [6, 6.07) is 14.8. The second-order valence-corrected chi connectivity index (χ2v) is 5.63. The zero-order valence-corrected chi connectivity index (χ0v) is 14.1. The van der Waals surface area contributed by atoms with Crippen LogP contribution in [0.2, 0.25) is 0 Å². The van der Waals surface area contributed by atoms with Crippen molar-refractivity contribution >= 4 is 11.9 Å². The Balaban J connectivity index is 1.39. The van der Waals surface area contributed by atoms with E-state index in [1.807, 2.05) is 30.3 Å². The smallest absolute Gasteiger partial charge is 0.374 e. The van der Waals surface area contributed by atoms with Crippen LogP contribution in [0.4, 0.5) is 0 Å². The molecule has 1 aromatic carbocycles. The Bertz CT molecular complexity index is 841. The maximum absolute atomic E-state index is 11.9. The normalized spacial score (nSPS) is 10.5. The molecule has 0 aliphatic rings. The summed E-state index contributed by atoms with van der Waals surface area (Å²) in [6.45, 7) is 0.554. The number of amides is 1. The number of hydrogen-bond acceptors (Lipinski definition) is 5. The Morgan fingerprint density at radius 2 is 1.96 bits per heavy atom. The average Bonchev–Trinajstić information content (AvgIpc) is 3.33. The van der Waals surface area contributed by atoms with Gasteiger partial charge in [0.05, 0.1) is 6.54 Å². The van der Waals surface area contributed by atoms with Gasteiger partial charge in [-0.1, -0.05) is 30.3 Å². The molecule has 7 nitrogen and oxygen atoms in total. The van der Waals surface area contributed by atoms with Crippen LogP contribution in [0.25, 0.3) is 0 Å². The summed E-state index contributed by atoms with van der Waals surface area (Å²) in [5, 5.41) is 6.78. The SMILES string of the molecule is O=C(COC(=O)c1ccc(Cn2cccn2)o1)NCCc1ccccc1. The standard InChI is InChI=1S/C19H19N3O4/c23-18(20-11-9-15-5-2-1-3-6-15)14-25-19(24)17-8-7-16(26-17)13-22-12-4-10-21-22/h1-8,10,12H,9,11,13-14H2,(H,20,23). The van der Waals surface area contributed by atoms with Gasteiger partial charge >= 0.3 is 5.97 Å². The summed E-state index contributed by atoms with van der Waals surface area (Å²) in [4.78, 5) is 23.7. The molecule has 0 bridgehead atoms. The lowest BCUT2D eigenvalue weighted by atomic mass is 10.1. The fourth-order valence-corrected chi connectivity index (χ4v) is 2.37. The quantitative estimate of drug-likeness (QED) is 0.626. The van der Waals surface area contributed by atoms with Gasteiger partial charge in [0, 0.05) is 18.9 Å². The van der Waals surface area contributed by atoms with E-state index in [4.69, 9.17) is 9.15 Å². The van der Waals surface area contributed by atoms with E-state index in [-0.39, 0.29) is 18.3 Å². The van der Waals surface area contributed by atoms with E-state index in [2.05, 4.69) is 10.4 Å². The van der Waals surface area contributed by atoms with Gasteiger partial charge in [-0.3, -0.25) is 9.48 Å². The highest BCUT2D eigenvalue weighted by Crippen LogP contribution is 2.10. The van der Waals surface area contributed by atoms with Gasteiger partial charge in [0.25, 0.3) is 5.91 Å². The van der Waals surface area contributed by atoms with Crippen LogP contribution in [0.1, 0.15) is 21.9 Å². The van der Waals surface area contributed by atoms with Crippen molar-refractivity contribution in [1.29, 1.82) is 0 Å². The first kappa shape index (κ1) is 17.5. The highest BCUT2D eigenvalue weighted by atomic mass is 16.5. The monoisotopic (exact) mass is 353 g/mol. The minimum Gasteiger partial charge on any atom is -0.452 e. The Morgan fingerprint density at radius 3 is 2.73 bits per heavy atom. The third kappa shape index (κ3) is 5.07. The maximum atomic E-state index is 11.9. The largest absolute Gasteiger partial charge is 0.452 e. The molecule has 2 heterocycles. The number of nitrogens with one attached hydrogen (secondary N) is 1. The molecule has 26 heavy (non-hydrogen) atoms. The predicted molar refractivity (Wildman–Crippen MR) is 93.5 cm³/mol. The third-order valence-corrected chi connectivity index (χ3v) is 3.65. The fraction of sp³-hybridized carbons (Fsp3) is 0.211. The number of benzene rings is 1. The van der Waals surface area contributed by atoms with Gasteiger partial charge in [-0.25, -0.2) is 4.79 Å². The van der Waals surface area contributed by atoms with Crippen molar-refractivity contribution in [2.24, 2.45) is 0 Å². The average molecular weight is 353 g/mol. The number of ether oxygens (including phenoxy) is 1. The number of carbonyl (C=O) groups is 2. The lowest BCUT2D eigenvalue weighted by Gasteiger charge is -2.06. The highest BCUT2D eigenvalue weighted by Gasteiger charge is 2.14. The van der Waals surface area contributed by atoms with E-state index < -0.39 is 5.97 Å². The van der Waals surface area contributed by atoms with Crippen molar-refractivity contribution in [3.8, 4) is 0 Å². The Labute approximate surface area is 150 Å². The van der Waals surface area contributed by atoms with Crippen molar-refractivity contribution in [3.05, 3.63) is 78.0 Å². The zero-order valence-electron chi connectivity index (χ0n) is 14.1. The molecule has 1 amide bonds. The lowest BCUT2D eigenvalue weighted by Crippen LogP contribution is -2.30. The maximum Gasteiger partial charge on any atom is 0.374 e. The number of nitrogens with zero attached hydrogens (tertiary/aromatic N) is 2.